The third-order valence-electron chi connectivity index (χ3n) is 3.74. The second-order valence-corrected chi connectivity index (χ2v) is 4.39. The molecule has 1 fully saturated rings. The smallest absolute Gasteiger partial charge is 0.0134 e. The third-order valence-corrected chi connectivity index (χ3v) is 3.74. The summed E-state index contributed by atoms with van der Waals surface area (Å²) in [5.74, 6) is 0. The van der Waals surface area contributed by atoms with E-state index in [1.807, 2.05) is 0 Å². The molecular weight excluding hydrogens is 170 g/mol. The van der Waals surface area contributed by atoms with Crippen molar-refractivity contribution in [3.63, 3.8) is 0 Å². The van der Waals surface area contributed by atoms with E-state index in [4.69, 9.17) is 5.73 Å². The molecule has 1 aromatic rings. The summed E-state index contributed by atoms with van der Waals surface area (Å²) in [6.45, 7) is 2.19. The highest BCUT2D eigenvalue weighted by Crippen LogP contribution is 2.46. The van der Waals surface area contributed by atoms with Crippen LogP contribution in [0.1, 0.15) is 38.2 Å². The number of hydrogen-bond donors (Lipinski definition) is 1. The summed E-state index contributed by atoms with van der Waals surface area (Å²) in [6, 6.07) is 11.1. The molecule has 1 saturated carbocycles. The van der Waals surface area contributed by atoms with Crippen molar-refractivity contribution >= 4 is 0 Å². The lowest BCUT2D eigenvalue weighted by molar-refractivity contribution is 0.192. The predicted octanol–water partition coefficient (Wildman–Crippen LogP) is 2.85. The Hall–Kier alpha value is -0.820. The first kappa shape index (κ1) is 9.72. The maximum absolute atomic E-state index is 6.25. The monoisotopic (exact) mass is 189 g/mol. The van der Waals surface area contributed by atoms with E-state index >= 15 is 0 Å². The number of hydrogen-bond acceptors (Lipinski definition) is 1. The molecule has 76 valence electrons. The summed E-state index contributed by atoms with van der Waals surface area (Å²) in [6.07, 6.45) is 4.95. The van der Waals surface area contributed by atoms with Gasteiger partial charge < -0.3 is 5.73 Å². The van der Waals surface area contributed by atoms with Crippen LogP contribution in [-0.2, 0) is 5.41 Å². The third kappa shape index (κ3) is 1.36. The minimum Gasteiger partial charge on any atom is -0.327 e. The average molecular weight is 189 g/mol. The van der Waals surface area contributed by atoms with E-state index in [0.717, 1.165) is 6.42 Å². The molecular formula is C13H19N. The maximum atomic E-state index is 6.25. The van der Waals surface area contributed by atoms with Gasteiger partial charge in [-0.3, -0.25) is 0 Å². The van der Waals surface area contributed by atoms with E-state index in [0.29, 0.717) is 11.5 Å². The number of benzene rings is 1. The largest absolute Gasteiger partial charge is 0.327 e. The molecule has 1 aromatic carbocycles. The standard InChI is InChI=1S/C13H19N/c1-2-12(14)13(9-6-10-13)11-7-4-3-5-8-11/h3-5,7-8,12H,2,6,9-10,14H2,1H3. The lowest BCUT2D eigenvalue weighted by atomic mass is 9.60. The SMILES string of the molecule is CCC(N)C1(c2ccccc2)CCC1. The van der Waals surface area contributed by atoms with Crippen LogP contribution in [0.15, 0.2) is 30.3 Å². The van der Waals surface area contributed by atoms with Gasteiger partial charge in [0.05, 0.1) is 0 Å². The molecule has 1 nitrogen and oxygen atoms in total. The van der Waals surface area contributed by atoms with Gasteiger partial charge in [-0.25, -0.2) is 0 Å². The van der Waals surface area contributed by atoms with Crippen LogP contribution in [0, 0.1) is 0 Å². The zero-order valence-corrected chi connectivity index (χ0v) is 8.87. The van der Waals surface area contributed by atoms with E-state index in [1.165, 1.54) is 24.8 Å². The molecule has 0 saturated heterocycles. The molecule has 0 aromatic heterocycles. The van der Waals surface area contributed by atoms with Crippen molar-refractivity contribution in [2.75, 3.05) is 0 Å². The van der Waals surface area contributed by atoms with Gasteiger partial charge in [-0.05, 0) is 24.8 Å². The molecule has 0 amide bonds. The maximum Gasteiger partial charge on any atom is 0.0134 e. The lowest BCUT2D eigenvalue weighted by Gasteiger charge is -2.46. The molecule has 0 aliphatic heterocycles. The van der Waals surface area contributed by atoms with Gasteiger partial charge in [0.25, 0.3) is 0 Å². The Balaban J connectivity index is 2.29. The van der Waals surface area contributed by atoms with Gasteiger partial charge in [-0.2, -0.15) is 0 Å². The molecule has 0 spiro atoms. The quantitative estimate of drug-likeness (QED) is 0.777. The molecule has 1 atom stereocenters. The Bertz CT molecular complexity index is 287. The zero-order chi connectivity index (χ0) is 10.0. The minimum atomic E-state index is 0.302. The fourth-order valence-corrected chi connectivity index (χ4v) is 2.59. The van der Waals surface area contributed by atoms with Crippen LogP contribution in [-0.4, -0.2) is 6.04 Å². The van der Waals surface area contributed by atoms with Crippen LogP contribution in [0.25, 0.3) is 0 Å². The van der Waals surface area contributed by atoms with E-state index in [-0.39, 0.29) is 0 Å². The van der Waals surface area contributed by atoms with Gasteiger partial charge in [0.15, 0.2) is 0 Å². The van der Waals surface area contributed by atoms with Crippen LogP contribution in [0.4, 0.5) is 0 Å². The first-order valence-electron chi connectivity index (χ1n) is 5.61. The highest BCUT2D eigenvalue weighted by Gasteiger charge is 2.42. The van der Waals surface area contributed by atoms with Crippen LogP contribution in [0.3, 0.4) is 0 Å². The van der Waals surface area contributed by atoms with Crippen molar-refractivity contribution in [2.24, 2.45) is 5.73 Å². The van der Waals surface area contributed by atoms with Crippen LogP contribution in [0.2, 0.25) is 0 Å². The van der Waals surface area contributed by atoms with E-state index in [9.17, 15) is 0 Å². The van der Waals surface area contributed by atoms with Gasteiger partial charge in [-0.15, -0.1) is 0 Å². The Kier molecular flexibility index (Phi) is 2.60. The van der Waals surface area contributed by atoms with Gasteiger partial charge in [0.2, 0.25) is 0 Å². The predicted molar refractivity (Wildman–Crippen MR) is 60.2 cm³/mol. The fourth-order valence-electron chi connectivity index (χ4n) is 2.59. The van der Waals surface area contributed by atoms with Crippen molar-refractivity contribution in [2.45, 2.75) is 44.1 Å². The molecule has 2 rings (SSSR count). The molecule has 1 heteroatoms. The number of nitrogens with two attached hydrogens (primary N) is 1. The highest BCUT2D eigenvalue weighted by molar-refractivity contribution is 5.30. The van der Waals surface area contributed by atoms with Crippen molar-refractivity contribution in [1.29, 1.82) is 0 Å². The average Bonchev–Trinajstić information content (AvgIpc) is 2.17. The van der Waals surface area contributed by atoms with Crippen molar-refractivity contribution in [3.05, 3.63) is 35.9 Å². The molecule has 0 bridgehead atoms. The second kappa shape index (κ2) is 3.74. The summed E-state index contributed by atoms with van der Waals surface area (Å²) in [4.78, 5) is 0. The zero-order valence-electron chi connectivity index (χ0n) is 8.87. The van der Waals surface area contributed by atoms with Crippen LogP contribution >= 0.6 is 0 Å². The minimum absolute atomic E-state index is 0.302. The molecule has 14 heavy (non-hydrogen) atoms. The highest BCUT2D eigenvalue weighted by atomic mass is 14.7. The Morgan fingerprint density at radius 3 is 2.36 bits per heavy atom. The van der Waals surface area contributed by atoms with Gasteiger partial charge in [-0.1, -0.05) is 43.7 Å². The Morgan fingerprint density at radius 1 is 1.29 bits per heavy atom. The fraction of sp³-hybridized carbons (Fsp3) is 0.538. The van der Waals surface area contributed by atoms with Crippen molar-refractivity contribution in [1.82, 2.24) is 0 Å². The Labute approximate surface area is 86.3 Å². The number of rotatable bonds is 3. The van der Waals surface area contributed by atoms with Crippen molar-refractivity contribution in [3.8, 4) is 0 Å². The van der Waals surface area contributed by atoms with Gasteiger partial charge >= 0.3 is 0 Å². The van der Waals surface area contributed by atoms with E-state index in [1.54, 1.807) is 0 Å². The summed E-state index contributed by atoms with van der Waals surface area (Å²) in [7, 11) is 0. The second-order valence-electron chi connectivity index (χ2n) is 4.39. The molecule has 0 radical (unpaired) electrons. The summed E-state index contributed by atoms with van der Waals surface area (Å²) >= 11 is 0. The van der Waals surface area contributed by atoms with Crippen LogP contribution in [0.5, 0.6) is 0 Å². The lowest BCUT2D eigenvalue weighted by Crippen LogP contribution is -2.49. The van der Waals surface area contributed by atoms with Crippen LogP contribution < -0.4 is 5.73 Å². The summed E-state index contributed by atoms with van der Waals surface area (Å²) in [5, 5.41) is 0. The topological polar surface area (TPSA) is 26.0 Å². The first-order valence-corrected chi connectivity index (χ1v) is 5.61. The molecule has 2 N–H and O–H groups in total. The summed E-state index contributed by atoms with van der Waals surface area (Å²) < 4.78 is 0. The van der Waals surface area contributed by atoms with E-state index in [2.05, 4.69) is 37.3 Å². The normalized spacial score (nSPS) is 21.3. The van der Waals surface area contributed by atoms with Gasteiger partial charge in [0, 0.05) is 11.5 Å². The first-order chi connectivity index (χ1) is 6.79. The molecule has 1 aliphatic rings. The van der Waals surface area contributed by atoms with Gasteiger partial charge in [0.1, 0.15) is 0 Å². The summed E-state index contributed by atoms with van der Waals surface area (Å²) in [5.41, 5.74) is 7.99. The molecule has 0 heterocycles. The van der Waals surface area contributed by atoms with E-state index < -0.39 is 0 Å². The van der Waals surface area contributed by atoms with Crippen molar-refractivity contribution < 1.29 is 0 Å². The molecule has 1 unspecified atom stereocenters. The molecule has 1 aliphatic carbocycles. The Morgan fingerprint density at radius 2 is 1.93 bits per heavy atom.